The summed E-state index contributed by atoms with van der Waals surface area (Å²) in [6.07, 6.45) is 4.27. The fraction of sp³-hybridized carbons (Fsp3) is 0.650. The Kier molecular flexibility index (Phi) is 8.22. The molecule has 1 heterocycles. The van der Waals surface area contributed by atoms with Crippen molar-refractivity contribution in [1.82, 2.24) is 15.5 Å². The molecule has 0 atom stereocenters. The molecule has 0 spiro atoms. The number of likely N-dealkylation sites (N-methyl/N-ethyl adjacent to an activating group) is 1. The van der Waals surface area contributed by atoms with Crippen LogP contribution in [0, 0.1) is 0 Å². The number of hydrogen-bond donors (Lipinski definition) is 2. The van der Waals surface area contributed by atoms with Crippen LogP contribution in [-0.2, 0) is 11.2 Å². The first-order valence-corrected chi connectivity index (χ1v) is 9.47. The molecule has 0 aliphatic carbocycles. The maximum absolute atomic E-state index is 5.54. The van der Waals surface area contributed by atoms with E-state index in [-0.39, 0.29) is 5.54 Å². The molecule has 1 fully saturated rings. The Morgan fingerprint density at radius 3 is 2.52 bits per heavy atom. The summed E-state index contributed by atoms with van der Waals surface area (Å²) in [6.45, 7) is 6.37. The number of hydrogen-bond acceptors (Lipinski definition) is 3. The highest BCUT2D eigenvalue weighted by Crippen LogP contribution is 2.26. The normalized spacial score (nSPS) is 17.5. The van der Waals surface area contributed by atoms with Crippen molar-refractivity contribution < 1.29 is 4.74 Å². The summed E-state index contributed by atoms with van der Waals surface area (Å²) in [4.78, 5) is 7.19. The van der Waals surface area contributed by atoms with Crippen molar-refractivity contribution in [1.29, 1.82) is 0 Å². The molecular formula is C20H34N4O. The highest BCUT2D eigenvalue weighted by Gasteiger charge is 2.34. The lowest BCUT2D eigenvalue weighted by Gasteiger charge is -2.41. The molecule has 2 N–H and O–H groups in total. The number of rotatable bonds is 8. The molecule has 0 aromatic heterocycles. The summed E-state index contributed by atoms with van der Waals surface area (Å²) >= 11 is 0. The van der Waals surface area contributed by atoms with Gasteiger partial charge in [0.2, 0.25) is 0 Å². The molecule has 1 aromatic carbocycles. The van der Waals surface area contributed by atoms with Gasteiger partial charge in [0.05, 0.1) is 6.54 Å². The van der Waals surface area contributed by atoms with Crippen LogP contribution in [0.25, 0.3) is 0 Å². The van der Waals surface area contributed by atoms with E-state index >= 15 is 0 Å². The molecule has 0 saturated carbocycles. The van der Waals surface area contributed by atoms with Gasteiger partial charge in [-0.15, -0.1) is 0 Å². The third-order valence-corrected chi connectivity index (χ3v) is 5.03. The third kappa shape index (κ3) is 6.33. The van der Waals surface area contributed by atoms with Crippen molar-refractivity contribution in [3.63, 3.8) is 0 Å². The lowest BCUT2D eigenvalue weighted by atomic mass is 9.89. The van der Waals surface area contributed by atoms with Crippen LogP contribution in [0.2, 0.25) is 0 Å². The lowest BCUT2D eigenvalue weighted by Crippen LogP contribution is -2.51. The average molecular weight is 347 g/mol. The van der Waals surface area contributed by atoms with Crippen LogP contribution >= 0.6 is 0 Å². The van der Waals surface area contributed by atoms with Gasteiger partial charge in [-0.1, -0.05) is 30.3 Å². The fourth-order valence-corrected chi connectivity index (χ4v) is 3.21. The first kappa shape index (κ1) is 19.7. The average Bonchev–Trinajstić information content (AvgIpc) is 2.64. The predicted octanol–water partition coefficient (Wildman–Crippen LogP) is 2.29. The first-order chi connectivity index (χ1) is 12.2. The van der Waals surface area contributed by atoms with Crippen LogP contribution in [0.15, 0.2) is 35.3 Å². The first-order valence-electron chi connectivity index (χ1n) is 9.47. The number of nitrogens with zero attached hydrogens (tertiary/aromatic N) is 2. The molecule has 1 aliphatic rings. The van der Waals surface area contributed by atoms with E-state index in [9.17, 15) is 0 Å². The van der Waals surface area contributed by atoms with Crippen molar-refractivity contribution >= 4 is 5.96 Å². The third-order valence-electron chi connectivity index (χ3n) is 5.03. The smallest absolute Gasteiger partial charge is 0.191 e. The molecule has 1 aromatic rings. The molecule has 0 unspecified atom stereocenters. The highest BCUT2D eigenvalue weighted by atomic mass is 16.5. The fourth-order valence-electron chi connectivity index (χ4n) is 3.21. The van der Waals surface area contributed by atoms with Crippen LogP contribution < -0.4 is 10.6 Å². The van der Waals surface area contributed by atoms with Gasteiger partial charge >= 0.3 is 0 Å². The molecule has 1 aliphatic heterocycles. The summed E-state index contributed by atoms with van der Waals surface area (Å²) in [5, 5.41) is 6.84. The van der Waals surface area contributed by atoms with Crippen molar-refractivity contribution in [2.75, 3.05) is 46.9 Å². The Hall–Kier alpha value is -1.59. The number of ether oxygens (including phenoxy) is 1. The van der Waals surface area contributed by atoms with E-state index in [1.54, 1.807) is 0 Å². The van der Waals surface area contributed by atoms with Crippen LogP contribution in [0.5, 0.6) is 0 Å². The van der Waals surface area contributed by atoms with Crippen molar-refractivity contribution in [2.24, 2.45) is 4.99 Å². The van der Waals surface area contributed by atoms with E-state index < -0.39 is 0 Å². The number of nitrogens with one attached hydrogen (secondary N) is 2. The maximum Gasteiger partial charge on any atom is 0.191 e. The largest absolute Gasteiger partial charge is 0.381 e. The molecule has 5 heteroatoms. The number of benzene rings is 1. The predicted molar refractivity (Wildman–Crippen MR) is 105 cm³/mol. The zero-order chi connectivity index (χ0) is 18.0. The zero-order valence-corrected chi connectivity index (χ0v) is 16.1. The van der Waals surface area contributed by atoms with Gasteiger partial charge in [0.1, 0.15) is 0 Å². The Balaban J connectivity index is 1.84. The van der Waals surface area contributed by atoms with Gasteiger partial charge in [0.15, 0.2) is 5.96 Å². The van der Waals surface area contributed by atoms with Crippen LogP contribution in [0.1, 0.15) is 31.7 Å². The van der Waals surface area contributed by atoms with Crippen LogP contribution in [-0.4, -0.2) is 63.3 Å². The van der Waals surface area contributed by atoms with E-state index in [0.29, 0.717) is 0 Å². The molecule has 140 valence electrons. The minimum absolute atomic E-state index is 0.116. The van der Waals surface area contributed by atoms with E-state index in [2.05, 4.69) is 66.9 Å². The molecule has 25 heavy (non-hydrogen) atoms. The van der Waals surface area contributed by atoms with E-state index in [0.717, 1.165) is 64.5 Å². The van der Waals surface area contributed by atoms with Gasteiger partial charge in [0, 0.05) is 31.8 Å². The number of guanidine groups is 1. The summed E-state index contributed by atoms with van der Waals surface area (Å²) in [5.74, 6) is 0.920. The number of aryl methyl sites for hydroxylation is 1. The Labute approximate surface area is 152 Å². The second-order valence-corrected chi connectivity index (χ2v) is 6.94. The van der Waals surface area contributed by atoms with E-state index in [1.165, 1.54) is 5.56 Å². The van der Waals surface area contributed by atoms with Gasteiger partial charge in [-0.05, 0) is 52.3 Å². The van der Waals surface area contributed by atoms with Crippen molar-refractivity contribution in [3.05, 3.63) is 35.9 Å². The van der Waals surface area contributed by atoms with Crippen LogP contribution in [0.4, 0.5) is 0 Å². The monoisotopic (exact) mass is 346 g/mol. The summed E-state index contributed by atoms with van der Waals surface area (Å²) in [6, 6.07) is 10.6. The Bertz CT molecular complexity index is 510. The van der Waals surface area contributed by atoms with Gasteiger partial charge < -0.3 is 20.3 Å². The SMILES string of the molecule is CCNC(=NCC1(N(C)C)CCOCC1)NCCCc1ccccc1. The zero-order valence-electron chi connectivity index (χ0n) is 16.1. The van der Waals surface area contributed by atoms with E-state index in [4.69, 9.17) is 9.73 Å². The second-order valence-electron chi connectivity index (χ2n) is 6.94. The van der Waals surface area contributed by atoms with Crippen LogP contribution in [0.3, 0.4) is 0 Å². The summed E-state index contributed by atoms with van der Waals surface area (Å²) < 4.78 is 5.54. The van der Waals surface area contributed by atoms with E-state index in [1.807, 2.05) is 0 Å². The standard InChI is InChI=1S/C20H34N4O/c1-4-21-19(22-14-8-11-18-9-6-5-7-10-18)23-17-20(24(2)3)12-15-25-16-13-20/h5-7,9-10H,4,8,11-17H2,1-3H3,(H2,21,22,23). The number of aliphatic imine (C=N–C) groups is 1. The molecule has 0 amide bonds. The highest BCUT2D eigenvalue weighted by molar-refractivity contribution is 5.79. The molecule has 0 radical (unpaired) electrons. The maximum atomic E-state index is 5.54. The van der Waals surface area contributed by atoms with Gasteiger partial charge in [-0.25, -0.2) is 0 Å². The van der Waals surface area contributed by atoms with Gasteiger partial charge in [0.25, 0.3) is 0 Å². The Morgan fingerprint density at radius 1 is 1.16 bits per heavy atom. The topological polar surface area (TPSA) is 48.9 Å². The quantitative estimate of drug-likeness (QED) is 0.431. The molecule has 5 nitrogen and oxygen atoms in total. The lowest BCUT2D eigenvalue weighted by molar-refractivity contribution is -0.00254. The Morgan fingerprint density at radius 2 is 1.88 bits per heavy atom. The molecule has 0 bridgehead atoms. The molecule has 1 saturated heterocycles. The second kappa shape index (κ2) is 10.4. The van der Waals surface area contributed by atoms with Crippen molar-refractivity contribution in [2.45, 2.75) is 38.1 Å². The van der Waals surface area contributed by atoms with Crippen molar-refractivity contribution in [3.8, 4) is 0 Å². The molecular weight excluding hydrogens is 312 g/mol. The minimum atomic E-state index is 0.116. The van der Waals surface area contributed by atoms with Gasteiger partial charge in [-0.3, -0.25) is 4.99 Å². The summed E-state index contributed by atoms with van der Waals surface area (Å²) in [7, 11) is 4.31. The summed E-state index contributed by atoms with van der Waals surface area (Å²) in [5.41, 5.74) is 1.50. The van der Waals surface area contributed by atoms with Gasteiger partial charge in [-0.2, -0.15) is 0 Å². The molecule has 2 rings (SSSR count). The minimum Gasteiger partial charge on any atom is -0.381 e.